The fourth-order valence-electron chi connectivity index (χ4n) is 3.95. The van der Waals surface area contributed by atoms with E-state index < -0.39 is 10.8 Å². The van der Waals surface area contributed by atoms with Gasteiger partial charge < -0.3 is 0 Å². The van der Waals surface area contributed by atoms with Gasteiger partial charge in [0.25, 0.3) is 0 Å². The fraction of sp³-hybridized carbons (Fsp3) is 0.125. The van der Waals surface area contributed by atoms with Gasteiger partial charge in [-0.2, -0.15) is 0 Å². The molecule has 0 bridgehead atoms. The van der Waals surface area contributed by atoms with E-state index in [0.717, 1.165) is 22.3 Å². The summed E-state index contributed by atoms with van der Waals surface area (Å²) in [7, 11) is 0. The van der Waals surface area contributed by atoms with Crippen molar-refractivity contribution in [1.29, 1.82) is 0 Å². The molecule has 0 aliphatic heterocycles. The number of rotatable bonds is 3. The van der Waals surface area contributed by atoms with E-state index in [0.29, 0.717) is 0 Å². The van der Waals surface area contributed by atoms with Crippen LogP contribution >= 0.6 is 0 Å². The van der Waals surface area contributed by atoms with E-state index in [2.05, 4.69) is 86.1 Å². The van der Waals surface area contributed by atoms with Crippen LogP contribution in [0.2, 0.25) is 0 Å². The third-order valence-corrected chi connectivity index (χ3v) is 6.16. The molecular weight excluding hydrogens is 384 g/mol. The third-order valence-electron chi connectivity index (χ3n) is 6.16. The maximum atomic E-state index is 3.65. The average Bonchev–Trinajstić information content (AvgIpc) is 2.88. The minimum absolute atomic E-state index is 0.548. The zero-order chi connectivity index (χ0) is 22.3. The molecule has 2 atom stereocenters. The van der Waals surface area contributed by atoms with Gasteiger partial charge in [0.1, 0.15) is 0 Å². The van der Waals surface area contributed by atoms with Crippen LogP contribution in [0.15, 0.2) is 121 Å². The molecule has 0 saturated carbocycles. The topological polar surface area (TPSA) is 0 Å². The van der Waals surface area contributed by atoms with Crippen molar-refractivity contribution in [2.24, 2.45) is 0 Å². The second kappa shape index (κ2) is 9.43. The molecule has 0 fully saturated rings. The summed E-state index contributed by atoms with van der Waals surface area (Å²) in [6.45, 7) is 4.43. The van der Waals surface area contributed by atoms with Gasteiger partial charge in [0.2, 0.25) is 0 Å². The molecule has 0 spiro atoms. The third kappa shape index (κ3) is 4.37. The van der Waals surface area contributed by atoms with Crippen LogP contribution < -0.4 is 0 Å². The zero-order valence-corrected chi connectivity index (χ0v) is 18.5. The van der Waals surface area contributed by atoms with Crippen molar-refractivity contribution in [3.8, 4) is 23.7 Å². The Morgan fingerprint density at radius 2 is 0.688 bits per heavy atom. The van der Waals surface area contributed by atoms with Gasteiger partial charge in [-0.1, -0.05) is 121 Å². The van der Waals surface area contributed by atoms with Gasteiger partial charge in [0, 0.05) is 11.1 Å². The van der Waals surface area contributed by atoms with Crippen molar-refractivity contribution in [2.45, 2.75) is 24.7 Å². The molecule has 154 valence electrons. The molecule has 0 unspecified atom stereocenters. The predicted octanol–water partition coefficient (Wildman–Crippen LogP) is 7.01. The SMILES string of the molecule is C[C@](C#Cc1ccccc1)(c1ccccc1)[C@](C)(C#Cc1ccccc1)c1ccccc1. The van der Waals surface area contributed by atoms with Crippen LogP contribution in [-0.2, 0) is 10.8 Å². The molecule has 0 N–H and O–H groups in total. The lowest BCUT2D eigenvalue weighted by Gasteiger charge is -2.40. The van der Waals surface area contributed by atoms with Crippen LogP contribution in [0.25, 0.3) is 0 Å². The second-order valence-electron chi connectivity index (χ2n) is 8.21. The summed E-state index contributed by atoms with van der Waals surface area (Å²) < 4.78 is 0. The lowest BCUT2D eigenvalue weighted by molar-refractivity contribution is 0.416. The molecule has 0 radical (unpaired) electrons. The highest BCUT2D eigenvalue weighted by Crippen LogP contribution is 2.44. The monoisotopic (exact) mass is 410 g/mol. The molecule has 0 nitrogen and oxygen atoms in total. The molecule has 0 saturated heterocycles. The molecule has 0 amide bonds. The highest BCUT2D eigenvalue weighted by atomic mass is 14.4. The normalized spacial score (nSPS) is 13.9. The van der Waals surface area contributed by atoms with Gasteiger partial charge in [-0.25, -0.2) is 0 Å². The molecular formula is C32H26. The molecule has 0 aliphatic carbocycles. The fourth-order valence-corrected chi connectivity index (χ4v) is 3.95. The van der Waals surface area contributed by atoms with Crippen molar-refractivity contribution in [3.05, 3.63) is 144 Å². The van der Waals surface area contributed by atoms with E-state index in [-0.39, 0.29) is 0 Å². The molecule has 4 aromatic carbocycles. The number of hydrogen-bond donors (Lipinski definition) is 0. The van der Waals surface area contributed by atoms with E-state index in [4.69, 9.17) is 0 Å². The highest BCUT2D eigenvalue weighted by molar-refractivity contribution is 5.54. The first-order valence-corrected chi connectivity index (χ1v) is 10.9. The summed E-state index contributed by atoms with van der Waals surface area (Å²) in [5.74, 6) is 14.2. The van der Waals surface area contributed by atoms with Crippen LogP contribution in [0.3, 0.4) is 0 Å². The summed E-state index contributed by atoms with van der Waals surface area (Å²) >= 11 is 0. The summed E-state index contributed by atoms with van der Waals surface area (Å²) in [6.07, 6.45) is 0. The molecule has 4 rings (SSSR count). The minimum atomic E-state index is -0.548. The lowest BCUT2D eigenvalue weighted by Crippen LogP contribution is -2.43. The molecule has 0 heteroatoms. The first-order valence-electron chi connectivity index (χ1n) is 10.9. The van der Waals surface area contributed by atoms with Crippen LogP contribution in [0.4, 0.5) is 0 Å². The van der Waals surface area contributed by atoms with E-state index >= 15 is 0 Å². The van der Waals surface area contributed by atoms with E-state index in [1.165, 1.54) is 0 Å². The average molecular weight is 411 g/mol. The smallest absolute Gasteiger partial charge is 0.0742 e. The Bertz CT molecular complexity index is 1160. The molecule has 32 heavy (non-hydrogen) atoms. The quantitative estimate of drug-likeness (QED) is 0.319. The second-order valence-corrected chi connectivity index (χ2v) is 8.21. The van der Waals surface area contributed by atoms with Crippen LogP contribution in [0.1, 0.15) is 36.1 Å². The van der Waals surface area contributed by atoms with Gasteiger partial charge in [0.05, 0.1) is 10.8 Å². The Morgan fingerprint density at radius 1 is 0.406 bits per heavy atom. The van der Waals surface area contributed by atoms with Crippen molar-refractivity contribution in [3.63, 3.8) is 0 Å². The number of benzene rings is 4. The zero-order valence-electron chi connectivity index (χ0n) is 18.5. The van der Waals surface area contributed by atoms with E-state index in [1.807, 2.05) is 72.8 Å². The Hall–Kier alpha value is -4.00. The first kappa shape index (κ1) is 21.2. The summed E-state index contributed by atoms with van der Waals surface area (Å²) in [6, 6.07) is 41.4. The van der Waals surface area contributed by atoms with Gasteiger partial charge in [-0.05, 0) is 49.2 Å². The minimum Gasteiger partial charge on any atom is -0.0846 e. The molecule has 0 aromatic heterocycles. The molecule has 0 aliphatic rings. The van der Waals surface area contributed by atoms with Crippen LogP contribution in [0, 0.1) is 23.7 Å². The van der Waals surface area contributed by atoms with Crippen LogP contribution in [-0.4, -0.2) is 0 Å². The highest BCUT2D eigenvalue weighted by Gasteiger charge is 2.45. The molecule has 0 heterocycles. The van der Waals surface area contributed by atoms with E-state index in [1.54, 1.807) is 0 Å². The van der Waals surface area contributed by atoms with Crippen molar-refractivity contribution in [2.75, 3.05) is 0 Å². The van der Waals surface area contributed by atoms with Crippen molar-refractivity contribution < 1.29 is 0 Å². The van der Waals surface area contributed by atoms with Gasteiger partial charge >= 0.3 is 0 Å². The summed E-state index contributed by atoms with van der Waals surface area (Å²) in [4.78, 5) is 0. The summed E-state index contributed by atoms with van der Waals surface area (Å²) in [5, 5.41) is 0. The maximum Gasteiger partial charge on any atom is 0.0742 e. The molecule has 4 aromatic rings. The van der Waals surface area contributed by atoms with E-state index in [9.17, 15) is 0 Å². The largest absolute Gasteiger partial charge is 0.0846 e. The predicted molar refractivity (Wildman–Crippen MR) is 134 cm³/mol. The van der Waals surface area contributed by atoms with Gasteiger partial charge in [0.15, 0.2) is 0 Å². The Morgan fingerprint density at radius 3 is 1.00 bits per heavy atom. The standard InChI is InChI=1S/C32H26/c1-31(29-19-11-5-12-20-29,25-23-27-15-7-3-8-16-27)32(2,30-21-13-6-14-22-30)26-24-28-17-9-4-10-18-28/h3-22H,1-2H3/t31-,32+. The Balaban J connectivity index is 1.96. The Labute approximate surface area is 192 Å². The van der Waals surface area contributed by atoms with Crippen molar-refractivity contribution in [1.82, 2.24) is 0 Å². The van der Waals surface area contributed by atoms with Gasteiger partial charge in [-0.15, -0.1) is 0 Å². The summed E-state index contributed by atoms with van der Waals surface area (Å²) in [5.41, 5.74) is 3.21. The van der Waals surface area contributed by atoms with Crippen molar-refractivity contribution >= 4 is 0 Å². The lowest BCUT2D eigenvalue weighted by atomic mass is 9.59. The van der Waals surface area contributed by atoms with Crippen LogP contribution in [0.5, 0.6) is 0 Å². The first-order chi connectivity index (χ1) is 15.6. The van der Waals surface area contributed by atoms with Gasteiger partial charge in [-0.3, -0.25) is 0 Å². The maximum absolute atomic E-state index is 3.65. The Kier molecular flexibility index (Phi) is 6.26. The number of hydrogen-bond acceptors (Lipinski definition) is 0.